The van der Waals surface area contributed by atoms with Crippen LogP contribution in [0.5, 0.6) is 0 Å². The maximum atomic E-state index is 12.2. The lowest BCUT2D eigenvalue weighted by Gasteiger charge is -2.31. The zero-order valence-corrected chi connectivity index (χ0v) is 18.2. The Morgan fingerprint density at radius 3 is 2.74 bits per heavy atom. The summed E-state index contributed by atoms with van der Waals surface area (Å²) in [6.45, 7) is 5.09. The Kier molecular flexibility index (Phi) is 10.3. The lowest BCUT2D eigenvalue weighted by molar-refractivity contribution is -0.115. The molecule has 1 aliphatic heterocycles. The van der Waals surface area contributed by atoms with E-state index in [4.69, 9.17) is 0 Å². The van der Waals surface area contributed by atoms with E-state index in [0.717, 1.165) is 36.0 Å². The van der Waals surface area contributed by atoms with Gasteiger partial charge < -0.3 is 10.6 Å². The van der Waals surface area contributed by atoms with Gasteiger partial charge in [-0.3, -0.25) is 9.69 Å². The van der Waals surface area contributed by atoms with Crippen LogP contribution < -0.4 is 10.6 Å². The highest BCUT2D eigenvalue weighted by Gasteiger charge is 2.19. The Morgan fingerprint density at radius 2 is 2.04 bits per heavy atom. The van der Waals surface area contributed by atoms with E-state index in [-0.39, 0.29) is 30.7 Å². The van der Waals surface area contributed by atoms with Crippen LogP contribution in [0, 0.1) is 6.92 Å². The Balaban J connectivity index is 0.00000182. The highest BCUT2D eigenvalue weighted by atomic mass is 35.5. The Bertz CT molecular complexity index is 708. The molecule has 0 saturated carbocycles. The minimum absolute atomic E-state index is 0. The number of carbonyl (C=O) groups excluding carboxylic acids is 1. The van der Waals surface area contributed by atoms with E-state index < -0.39 is 0 Å². The number of benzene rings is 1. The van der Waals surface area contributed by atoms with E-state index >= 15 is 0 Å². The van der Waals surface area contributed by atoms with Gasteiger partial charge in [-0.2, -0.15) is 0 Å². The molecule has 3 rings (SSSR count). The predicted molar refractivity (Wildman–Crippen MR) is 117 cm³/mol. The van der Waals surface area contributed by atoms with Crippen molar-refractivity contribution in [2.45, 2.75) is 38.8 Å². The van der Waals surface area contributed by atoms with Crippen molar-refractivity contribution in [1.29, 1.82) is 0 Å². The highest BCUT2D eigenvalue weighted by molar-refractivity contribution is 7.09. The SMILES string of the molecule is CNC1CCCN(Cc2csc(CC(=O)Nc3ccc(C)cc3)n2)C1.Cl.Cl. The first-order chi connectivity index (χ1) is 12.1. The summed E-state index contributed by atoms with van der Waals surface area (Å²) >= 11 is 1.57. The topological polar surface area (TPSA) is 57.3 Å². The van der Waals surface area contributed by atoms with Crippen LogP contribution in [-0.4, -0.2) is 42.0 Å². The van der Waals surface area contributed by atoms with Gasteiger partial charge in [0.2, 0.25) is 5.91 Å². The largest absolute Gasteiger partial charge is 0.326 e. The number of aromatic nitrogens is 1. The summed E-state index contributed by atoms with van der Waals surface area (Å²) in [4.78, 5) is 19.3. The molecule has 1 aromatic carbocycles. The zero-order chi connectivity index (χ0) is 17.6. The number of rotatable bonds is 6. The van der Waals surface area contributed by atoms with Crippen LogP contribution in [0.25, 0.3) is 0 Å². The molecular formula is C19H28Cl2N4OS. The average molecular weight is 431 g/mol. The van der Waals surface area contributed by atoms with Crippen LogP contribution in [-0.2, 0) is 17.8 Å². The van der Waals surface area contributed by atoms with E-state index in [9.17, 15) is 4.79 Å². The molecule has 1 fully saturated rings. The van der Waals surface area contributed by atoms with Gasteiger partial charge in [-0.15, -0.1) is 36.2 Å². The maximum Gasteiger partial charge on any atom is 0.231 e. The predicted octanol–water partition coefficient (Wildman–Crippen LogP) is 3.66. The first-order valence-electron chi connectivity index (χ1n) is 8.82. The van der Waals surface area contributed by atoms with Crippen LogP contribution in [0.15, 0.2) is 29.6 Å². The second kappa shape index (κ2) is 11.6. The fourth-order valence-electron chi connectivity index (χ4n) is 3.15. The number of carbonyl (C=O) groups is 1. The Hall–Kier alpha value is -1.18. The van der Waals surface area contributed by atoms with Gasteiger partial charge in [0.05, 0.1) is 12.1 Å². The summed E-state index contributed by atoms with van der Waals surface area (Å²) in [6.07, 6.45) is 2.80. The van der Waals surface area contributed by atoms with Gasteiger partial charge in [0.1, 0.15) is 5.01 Å². The van der Waals surface area contributed by atoms with E-state index in [0.29, 0.717) is 12.5 Å². The summed E-state index contributed by atoms with van der Waals surface area (Å²) in [7, 11) is 2.03. The molecule has 5 nitrogen and oxygen atoms in total. The van der Waals surface area contributed by atoms with Gasteiger partial charge in [-0.05, 0) is 45.5 Å². The fraction of sp³-hybridized carbons (Fsp3) is 0.474. The van der Waals surface area contributed by atoms with Crippen LogP contribution in [0.4, 0.5) is 5.69 Å². The van der Waals surface area contributed by atoms with Crippen molar-refractivity contribution in [3.63, 3.8) is 0 Å². The van der Waals surface area contributed by atoms with Crippen molar-refractivity contribution >= 4 is 47.7 Å². The lowest BCUT2D eigenvalue weighted by atomic mass is 10.1. The number of hydrogen-bond acceptors (Lipinski definition) is 5. The first kappa shape index (κ1) is 23.9. The van der Waals surface area contributed by atoms with Gasteiger partial charge >= 0.3 is 0 Å². The Morgan fingerprint density at radius 1 is 1.30 bits per heavy atom. The third kappa shape index (κ3) is 7.39. The first-order valence-corrected chi connectivity index (χ1v) is 9.70. The number of halogens is 2. The van der Waals surface area contributed by atoms with Crippen molar-refractivity contribution in [2.75, 3.05) is 25.5 Å². The molecule has 1 atom stereocenters. The number of piperidine rings is 1. The van der Waals surface area contributed by atoms with E-state index in [1.54, 1.807) is 11.3 Å². The number of nitrogens with one attached hydrogen (secondary N) is 2. The van der Waals surface area contributed by atoms with Crippen LogP contribution in [0.2, 0.25) is 0 Å². The number of hydrogen-bond donors (Lipinski definition) is 2. The van der Waals surface area contributed by atoms with Gasteiger partial charge in [0.15, 0.2) is 0 Å². The standard InChI is InChI=1S/C19H26N4OS.2ClH/c1-14-5-7-15(8-6-14)21-18(24)10-19-22-17(13-25-19)12-23-9-3-4-16(11-23)20-2;;/h5-8,13,16,20H,3-4,9-12H2,1-2H3,(H,21,24);2*1H. The third-order valence-electron chi connectivity index (χ3n) is 4.55. The lowest BCUT2D eigenvalue weighted by Crippen LogP contribution is -2.43. The van der Waals surface area contributed by atoms with E-state index in [2.05, 4.69) is 25.9 Å². The number of likely N-dealkylation sites (N-methyl/N-ethyl adjacent to an activating group) is 1. The molecule has 27 heavy (non-hydrogen) atoms. The van der Waals surface area contributed by atoms with Crippen molar-refractivity contribution in [1.82, 2.24) is 15.2 Å². The van der Waals surface area contributed by atoms with Gasteiger partial charge in [0, 0.05) is 30.2 Å². The molecule has 1 unspecified atom stereocenters. The average Bonchev–Trinajstić information content (AvgIpc) is 3.04. The summed E-state index contributed by atoms with van der Waals surface area (Å²) < 4.78 is 0. The van der Waals surface area contributed by atoms with Gasteiger partial charge in [-0.1, -0.05) is 17.7 Å². The number of nitrogens with zero attached hydrogens (tertiary/aromatic N) is 2. The molecule has 1 amide bonds. The zero-order valence-electron chi connectivity index (χ0n) is 15.7. The number of anilines is 1. The van der Waals surface area contributed by atoms with Crippen molar-refractivity contribution in [3.8, 4) is 0 Å². The summed E-state index contributed by atoms with van der Waals surface area (Å²) in [5.41, 5.74) is 3.08. The number of aryl methyl sites for hydroxylation is 1. The van der Waals surface area contributed by atoms with E-state index in [1.165, 1.54) is 18.4 Å². The minimum atomic E-state index is -0.0158. The molecule has 1 aliphatic rings. The van der Waals surface area contributed by atoms with Crippen LogP contribution in [0.3, 0.4) is 0 Å². The quantitative estimate of drug-likeness (QED) is 0.733. The third-order valence-corrected chi connectivity index (χ3v) is 5.44. The summed E-state index contributed by atoms with van der Waals surface area (Å²) in [5, 5.41) is 9.25. The molecule has 0 aliphatic carbocycles. The number of amides is 1. The Labute approximate surface area is 177 Å². The molecule has 1 aromatic heterocycles. The fourth-order valence-corrected chi connectivity index (χ4v) is 3.93. The van der Waals surface area contributed by atoms with Gasteiger partial charge in [0.25, 0.3) is 0 Å². The van der Waals surface area contributed by atoms with Crippen LogP contribution >= 0.6 is 36.2 Å². The van der Waals surface area contributed by atoms with Gasteiger partial charge in [-0.25, -0.2) is 4.98 Å². The molecule has 8 heteroatoms. The highest BCUT2D eigenvalue weighted by Crippen LogP contribution is 2.17. The molecule has 150 valence electrons. The normalized spacial score (nSPS) is 16.9. The van der Waals surface area contributed by atoms with E-state index in [1.807, 2.05) is 38.2 Å². The molecule has 1 saturated heterocycles. The second-order valence-electron chi connectivity index (χ2n) is 6.69. The minimum Gasteiger partial charge on any atom is -0.326 e. The number of thiazole rings is 1. The maximum absolute atomic E-state index is 12.2. The summed E-state index contributed by atoms with van der Waals surface area (Å²) in [5.74, 6) is -0.0158. The molecule has 0 radical (unpaired) electrons. The van der Waals surface area contributed by atoms with Crippen molar-refractivity contribution < 1.29 is 4.79 Å². The molecular weight excluding hydrogens is 403 g/mol. The molecule has 2 N–H and O–H groups in total. The van der Waals surface area contributed by atoms with Crippen molar-refractivity contribution in [2.24, 2.45) is 0 Å². The van der Waals surface area contributed by atoms with Crippen molar-refractivity contribution in [3.05, 3.63) is 45.9 Å². The second-order valence-corrected chi connectivity index (χ2v) is 7.63. The smallest absolute Gasteiger partial charge is 0.231 e. The summed E-state index contributed by atoms with van der Waals surface area (Å²) in [6, 6.07) is 8.42. The molecule has 2 heterocycles. The monoisotopic (exact) mass is 430 g/mol. The molecule has 0 bridgehead atoms. The molecule has 0 spiro atoms. The number of likely N-dealkylation sites (tertiary alicyclic amines) is 1. The molecule has 2 aromatic rings. The van der Waals surface area contributed by atoms with Crippen LogP contribution in [0.1, 0.15) is 29.1 Å².